The van der Waals surface area contributed by atoms with Crippen LogP contribution in [0.3, 0.4) is 0 Å². The van der Waals surface area contributed by atoms with Gasteiger partial charge in [0.1, 0.15) is 5.75 Å². The van der Waals surface area contributed by atoms with Crippen molar-refractivity contribution >= 4 is 22.6 Å². The zero-order chi connectivity index (χ0) is 16.3. The number of rotatable bonds is 5. The summed E-state index contributed by atoms with van der Waals surface area (Å²) in [6.07, 6.45) is 1.50. The molecule has 0 amide bonds. The second-order valence-electron chi connectivity index (χ2n) is 5.24. The Labute approximate surface area is 131 Å². The molecular weight excluding hydrogens is 307 g/mol. The van der Waals surface area contributed by atoms with Gasteiger partial charge >= 0.3 is 7.12 Å². The van der Waals surface area contributed by atoms with E-state index < -0.39 is 17.1 Å². The van der Waals surface area contributed by atoms with Gasteiger partial charge in [-0.2, -0.15) is 4.31 Å². The lowest BCUT2D eigenvalue weighted by Crippen LogP contribution is -2.44. The van der Waals surface area contributed by atoms with E-state index >= 15 is 0 Å². The average molecular weight is 328 g/mol. The van der Waals surface area contributed by atoms with Crippen LogP contribution in [0.2, 0.25) is 0 Å². The van der Waals surface area contributed by atoms with Crippen molar-refractivity contribution in [3.05, 3.63) is 18.2 Å². The third-order valence-corrected chi connectivity index (χ3v) is 5.87. The second kappa shape index (κ2) is 6.97. The van der Waals surface area contributed by atoms with Crippen LogP contribution in [0.4, 0.5) is 0 Å². The Bertz CT molecular complexity index is 615. The predicted octanol–water partition coefficient (Wildman–Crippen LogP) is -1.25. The van der Waals surface area contributed by atoms with Crippen LogP contribution in [-0.4, -0.2) is 63.2 Å². The smallest absolute Gasteiger partial charge is 0.492 e. The van der Waals surface area contributed by atoms with Crippen molar-refractivity contribution in [2.45, 2.75) is 23.8 Å². The number of nitrogens with zero attached hydrogens (tertiary/aromatic N) is 1. The fourth-order valence-corrected chi connectivity index (χ4v) is 4.11. The SMILES string of the molecule is CNC1CCN(S(=O)(=O)c2ccc(OC)c(B(O)O)c2)CC1. The van der Waals surface area contributed by atoms with Gasteiger partial charge in [0.25, 0.3) is 0 Å². The highest BCUT2D eigenvalue weighted by Gasteiger charge is 2.30. The summed E-state index contributed by atoms with van der Waals surface area (Å²) in [7, 11) is -2.18. The molecule has 0 atom stereocenters. The molecule has 1 saturated heterocycles. The summed E-state index contributed by atoms with van der Waals surface area (Å²) < 4.78 is 31.8. The molecule has 0 spiro atoms. The van der Waals surface area contributed by atoms with Crippen LogP contribution in [0.5, 0.6) is 5.75 Å². The minimum Gasteiger partial charge on any atom is -0.497 e. The third-order valence-electron chi connectivity index (χ3n) is 3.98. The first-order valence-electron chi connectivity index (χ1n) is 7.11. The lowest BCUT2D eigenvalue weighted by atomic mass is 9.79. The summed E-state index contributed by atoms with van der Waals surface area (Å²) >= 11 is 0. The number of piperidine rings is 1. The molecule has 0 unspecified atom stereocenters. The molecule has 1 aliphatic heterocycles. The quantitative estimate of drug-likeness (QED) is 0.584. The van der Waals surface area contributed by atoms with Crippen molar-refractivity contribution < 1.29 is 23.2 Å². The van der Waals surface area contributed by atoms with Gasteiger partial charge in [0.15, 0.2) is 0 Å². The number of ether oxygens (including phenoxy) is 1. The first-order valence-corrected chi connectivity index (χ1v) is 8.55. The topological polar surface area (TPSA) is 99.1 Å². The van der Waals surface area contributed by atoms with Crippen molar-refractivity contribution in [1.82, 2.24) is 9.62 Å². The van der Waals surface area contributed by atoms with Crippen LogP contribution >= 0.6 is 0 Å². The summed E-state index contributed by atoms with van der Waals surface area (Å²) in [6.45, 7) is 0.883. The monoisotopic (exact) mass is 328 g/mol. The van der Waals surface area contributed by atoms with E-state index in [2.05, 4.69) is 5.32 Å². The number of sulfonamides is 1. The highest BCUT2D eigenvalue weighted by atomic mass is 32.2. The van der Waals surface area contributed by atoms with Crippen LogP contribution in [0.25, 0.3) is 0 Å². The van der Waals surface area contributed by atoms with Gasteiger partial charge in [0.05, 0.1) is 12.0 Å². The van der Waals surface area contributed by atoms with Gasteiger partial charge in [0, 0.05) is 24.6 Å². The van der Waals surface area contributed by atoms with Crippen LogP contribution in [0.1, 0.15) is 12.8 Å². The average Bonchev–Trinajstić information content (AvgIpc) is 2.54. The maximum absolute atomic E-state index is 12.7. The van der Waals surface area contributed by atoms with E-state index in [-0.39, 0.29) is 16.1 Å². The van der Waals surface area contributed by atoms with Crippen LogP contribution in [0, 0.1) is 0 Å². The first kappa shape index (κ1) is 17.2. The minimum atomic E-state index is -3.65. The molecule has 22 heavy (non-hydrogen) atoms. The molecule has 122 valence electrons. The molecule has 0 aromatic heterocycles. The number of nitrogens with one attached hydrogen (secondary N) is 1. The highest BCUT2D eigenvalue weighted by molar-refractivity contribution is 7.89. The number of hydrogen-bond donors (Lipinski definition) is 3. The Kier molecular flexibility index (Phi) is 5.46. The summed E-state index contributed by atoms with van der Waals surface area (Å²) in [5.74, 6) is 0.239. The zero-order valence-electron chi connectivity index (χ0n) is 12.7. The van der Waals surface area contributed by atoms with Gasteiger partial charge in [-0.3, -0.25) is 0 Å². The lowest BCUT2D eigenvalue weighted by Gasteiger charge is -2.31. The summed E-state index contributed by atoms with van der Waals surface area (Å²) in [5, 5.41) is 21.9. The molecule has 7 nitrogen and oxygen atoms in total. The number of hydrogen-bond acceptors (Lipinski definition) is 6. The molecule has 3 N–H and O–H groups in total. The Morgan fingerprint density at radius 1 is 1.32 bits per heavy atom. The molecule has 1 fully saturated rings. The van der Waals surface area contributed by atoms with Gasteiger partial charge in [-0.1, -0.05) is 0 Å². The van der Waals surface area contributed by atoms with Crippen molar-refractivity contribution in [1.29, 1.82) is 0 Å². The summed E-state index contributed by atoms with van der Waals surface area (Å²) in [6, 6.07) is 4.44. The minimum absolute atomic E-state index is 0.0358. The second-order valence-corrected chi connectivity index (χ2v) is 7.18. The van der Waals surface area contributed by atoms with Gasteiger partial charge in [-0.15, -0.1) is 0 Å². The van der Waals surface area contributed by atoms with Crippen molar-refractivity contribution in [3.63, 3.8) is 0 Å². The van der Waals surface area contributed by atoms with E-state index in [1.807, 2.05) is 7.05 Å². The van der Waals surface area contributed by atoms with Crippen LogP contribution < -0.4 is 15.5 Å². The van der Waals surface area contributed by atoms with Crippen molar-refractivity contribution in [2.75, 3.05) is 27.2 Å². The number of benzene rings is 1. The molecule has 0 bridgehead atoms. The molecular formula is C13H21BN2O5S. The molecule has 0 aliphatic carbocycles. The van der Waals surface area contributed by atoms with Gasteiger partial charge in [-0.25, -0.2) is 8.42 Å². The summed E-state index contributed by atoms with van der Waals surface area (Å²) in [5.41, 5.74) is 0.0358. The first-order chi connectivity index (χ1) is 10.4. The third kappa shape index (κ3) is 3.44. The lowest BCUT2D eigenvalue weighted by molar-refractivity contribution is 0.298. The highest BCUT2D eigenvalue weighted by Crippen LogP contribution is 2.22. The van der Waals surface area contributed by atoms with Crippen LogP contribution in [-0.2, 0) is 10.0 Å². The molecule has 1 heterocycles. The fraction of sp³-hybridized carbons (Fsp3) is 0.538. The van der Waals surface area contributed by atoms with Crippen molar-refractivity contribution in [3.8, 4) is 5.75 Å². The van der Waals surface area contributed by atoms with E-state index in [0.717, 1.165) is 12.8 Å². The van der Waals surface area contributed by atoms with Gasteiger partial charge in [-0.05, 0) is 38.1 Å². The Morgan fingerprint density at radius 2 is 1.95 bits per heavy atom. The Morgan fingerprint density at radius 3 is 2.45 bits per heavy atom. The zero-order valence-corrected chi connectivity index (χ0v) is 13.5. The predicted molar refractivity (Wildman–Crippen MR) is 83.7 cm³/mol. The van der Waals surface area contributed by atoms with E-state index in [4.69, 9.17) is 4.74 Å². The molecule has 1 aromatic rings. The standard InChI is InChI=1S/C13H21BN2O5S/c1-15-10-5-7-16(8-6-10)22(19,20)11-3-4-13(21-2)12(9-11)14(17)18/h3-4,9-10,15,17-18H,5-8H2,1-2H3. The van der Waals surface area contributed by atoms with E-state index in [1.54, 1.807) is 0 Å². The Balaban J connectivity index is 2.28. The van der Waals surface area contributed by atoms with Gasteiger partial charge in [0.2, 0.25) is 10.0 Å². The molecule has 0 radical (unpaired) electrons. The molecule has 1 aliphatic rings. The fourth-order valence-electron chi connectivity index (χ4n) is 2.61. The van der Waals surface area contributed by atoms with Gasteiger partial charge < -0.3 is 20.1 Å². The maximum atomic E-state index is 12.7. The molecule has 9 heteroatoms. The van der Waals surface area contributed by atoms with E-state index in [0.29, 0.717) is 19.1 Å². The maximum Gasteiger partial charge on any atom is 0.492 e. The molecule has 2 rings (SSSR count). The van der Waals surface area contributed by atoms with E-state index in [1.165, 1.54) is 29.6 Å². The number of methoxy groups -OCH3 is 1. The Hall–Kier alpha value is -1.13. The van der Waals surface area contributed by atoms with Crippen molar-refractivity contribution in [2.24, 2.45) is 0 Å². The largest absolute Gasteiger partial charge is 0.497 e. The summed E-state index contributed by atoms with van der Waals surface area (Å²) in [4.78, 5) is 0.0410. The molecule has 0 saturated carbocycles. The molecule has 1 aromatic carbocycles. The van der Waals surface area contributed by atoms with Crippen LogP contribution in [0.15, 0.2) is 23.1 Å². The normalized spacial score (nSPS) is 17.5. The van der Waals surface area contributed by atoms with E-state index in [9.17, 15) is 18.5 Å².